The van der Waals surface area contributed by atoms with Crippen LogP contribution in [-0.4, -0.2) is 29.9 Å². The van der Waals surface area contributed by atoms with E-state index in [1.165, 1.54) is 11.3 Å². The predicted molar refractivity (Wildman–Crippen MR) is 84.0 cm³/mol. The van der Waals surface area contributed by atoms with Crippen molar-refractivity contribution in [2.75, 3.05) is 25.0 Å². The summed E-state index contributed by atoms with van der Waals surface area (Å²) in [6.07, 6.45) is 3.21. The van der Waals surface area contributed by atoms with Crippen molar-refractivity contribution in [3.8, 4) is 0 Å². The lowest BCUT2D eigenvalue weighted by Crippen LogP contribution is -2.23. The van der Waals surface area contributed by atoms with Crippen LogP contribution in [0.5, 0.6) is 0 Å². The highest BCUT2D eigenvalue weighted by molar-refractivity contribution is 5.44. The van der Waals surface area contributed by atoms with Crippen molar-refractivity contribution < 1.29 is 0 Å². The lowest BCUT2D eigenvalue weighted by molar-refractivity contribution is 0.644. The van der Waals surface area contributed by atoms with Crippen molar-refractivity contribution >= 4 is 5.69 Å². The van der Waals surface area contributed by atoms with Gasteiger partial charge in [-0.3, -0.25) is 4.68 Å². The Hall–Kier alpha value is -1.81. The van der Waals surface area contributed by atoms with Gasteiger partial charge in [-0.05, 0) is 32.0 Å². The Balaban J connectivity index is 1.66. The summed E-state index contributed by atoms with van der Waals surface area (Å²) < 4.78 is 1.87. The molecular weight excluding hydrogens is 248 g/mol. The van der Waals surface area contributed by atoms with Crippen LogP contribution in [-0.2, 0) is 13.6 Å². The molecule has 0 amide bonds. The molecule has 1 heterocycles. The number of rotatable bonds is 7. The third-order valence-electron chi connectivity index (χ3n) is 3.47. The van der Waals surface area contributed by atoms with Crippen LogP contribution >= 0.6 is 0 Å². The van der Waals surface area contributed by atoms with Crippen molar-refractivity contribution in [3.63, 3.8) is 0 Å². The molecule has 0 unspecified atom stereocenters. The van der Waals surface area contributed by atoms with Gasteiger partial charge in [0.1, 0.15) is 0 Å². The minimum absolute atomic E-state index is 0.898. The topological polar surface area (TPSA) is 33.1 Å². The molecule has 0 fully saturated rings. The molecule has 1 aromatic carbocycles. The highest BCUT2D eigenvalue weighted by Crippen LogP contribution is 2.10. The molecule has 0 atom stereocenters. The van der Waals surface area contributed by atoms with Crippen molar-refractivity contribution in [2.45, 2.75) is 19.9 Å². The van der Waals surface area contributed by atoms with Crippen molar-refractivity contribution in [3.05, 3.63) is 47.8 Å². The maximum atomic E-state index is 4.35. The fourth-order valence-electron chi connectivity index (χ4n) is 2.30. The monoisotopic (exact) mass is 272 g/mol. The summed E-state index contributed by atoms with van der Waals surface area (Å²) in [5.41, 5.74) is 3.67. The third kappa shape index (κ3) is 4.10. The molecule has 0 saturated heterocycles. The lowest BCUT2D eigenvalue weighted by atomic mass is 10.2. The average molecular weight is 272 g/mol. The minimum atomic E-state index is 0.898. The van der Waals surface area contributed by atoms with Crippen LogP contribution in [0.4, 0.5) is 5.69 Å². The Labute approximate surface area is 121 Å². The van der Waals surface area contributed by atoms with Gasteiger partial charge in [0.2, 0.25) is 0 Å². The summed E-state index contributed by atoms with van der Waals surface area (Å²) in [6.45, 7) is 5.03. The normalized spacial score (nSPS) is 10.8. The first-order chi connectivity index (χ1) is 9.66. The molecule has 0 aliphatic rings. The van der Waals surface area contributed by atoms with Gasteiger partial charge in [0.15, 0.2) is 0 Å². The van der Waals surface area contributed by atoms with Gasteiger partial charge in [-0.2, -0.15) is 5.10 Å². The van der Waals surface area contributed by atoms with Crippen LogP contribution in [0.25, 0.3) is 0 Å². The Kier molecular flexibility index (Phi) is 5.18. The van der Waals surface area contributed by atoms with Crippen LogP contribution in [0.2, 0.25) is 0 Å². The quantitative estimate of drug-likeness (QED) is 0.785. The summed E-state index contributed by atoms with van der Waals surface area (Å²) in [7, 11) is 4.10. The van der Waals surface area contributed by atoms with Gasteiger partial charge >= 0.3 is 0 Å². The molecule has 4 nitrogen and oxygen atoms in total. The van der Waals surface area contributed by atoms with Gasteiger partial charge in [0, 0.05) is 44.6 Å². The Morgan fingerprint density at radius 1 is 1.25 bits per heavy atom. The third-order valence-corrected chi connectivity index (χ3v) is 3.47. The number of benzene rings is 1. The van der Waals surface area contributed by atoms with E-state index in [0.29, 0.717) is 0 Å². The highest BCUT2D eigenvalue weighted by Gasteiger charge is 2.02. The number of nitrogens with zero attached hydrogens (tertiary/aromatic N) is 3. The van der Waals surface area contributed by atoms with Crippen molar-refractivity contribution in [2.24, 2.45) is 7.05 Å². The van der Waals surface area contributed by atoms with E-state index >= 15 is 0 Å². The molecule has 0 bridgehead atoms. The Bertz CT molecular complexity index is 519. The van der Waals surface area contributed by atoms with Crippen LogP contribution in [0.3, 0.4) is 0 Å². The number of nitrogens with one attached hydrogen (secondary N) is 1. The molecule has 0 aliphatic heterocycles. The summed E-state index contributed by atoms with van der Waals surface area (Å²) in [4.78, 5) is 2.29. The molecule has 2 aromatic rings. The van der Waals surface area contributed by atoms with E-state index in [-0.39, 0.29) is 0 Å². The second-order valence-corrected chi connectivity index (χ2v) is 5.20. The van der Waals surface area contributed by atoms with E-state index in [1.807, 2.05) is 11.7 Å². The number of aromatic nitrogens is 2. The lowest BCUT2D eigenvalue weighted by Gasteiger charge is -2.19. The number of hydrogen-bond acceptors (Lipinski definition) is 3. The molecule has 0 spiro atoms. The summed E-state index contributed by atoms with van der Waals surface area (Å²) >= 11 is 0. The molecule has 20 heavy (non-hydrogen) atoms. The number of para-hydroxylation sites is 1. The van der Waals surface area contributed by atoms with E-state index in [0.717, 1.165) is 31.7 Å². The van der Waals surface area contributed by atoms with E-state index in [4.69, 9.17) is 0 Å². The molecule has 0 saturated carbocycles. The first-order valence-electron chi connectivity index (χ1n) is 7.13. The molecule has 0 radical (unpaired) electrons. The second kappa shape index (κ2) is 7.10. The maximum absolute atomic E-state index is 4.35. The van der Waals surface area contributed by atoms with E-state index in [1.54, 1.807) is 0 Å². The van der Waals surface area contributed by atoms with Crippen LogP contribution in [0, 0.1) is 6.92 Å². The SMILES string of the molecule is Cc1nn(C)cc1CNCCCN(C)c1ccccc1. The van der Waals surface area contributed by atoms with Gasteiger partial charge in [0.25, 0.3) is 0 Å². The van der Waals surface area contributed by atoms with Crippen LogP contribution < -0.4 is 10.2 Å². The zero-order valence-corrected chi connectivity index (χ0v) is 12.6. The van der Waals surface area contributed by atoms with Gasteiger partial charge in [-0.1, -0.05) is 18.2 Å². The second-order valence-electron chi connectivity index (χ2n) is 5.20. The van der Waals surface area contributed by atoms with Gasteiger partial charge in [0.05, 0.1) is 5.69 Å². The summed E-state index contributed by atoms with van der Waals surface area (Å²) in [6, 6.07) is 10.5. The van der Waals surface area contributed by atoms with Crippen LogP contribution in [0.1, 0.15) is 17.7 Å². The first kappa shape index (κ1) is 14.6. The van der Waals surface area contributed by atoms with Crippen LogP contribution in [0.15, 0.2) is 36.5 Å². The van der Waals surface area contributed by atoms with Gasteiger partial charge in [-0.25, -0.2) is 0 Å². The average Bonchev–Trinajstić information content (AvgIpc) is 2.77. The molecule has 0 aliphatic carbocycles. The summed E-state index contributed by atoms with van der Waals surface area (Å²) in [5, 5.41) is 7.83. The number of anilines is 1. The zero-order chi connectivity index (χ0) is 14.4. The maximum Gasteiger partial charge on any atom is 0.0638 e. The zero-order valence-electron chi connectivity index (χ0n) is 12.6. The van der Waals surface area contributed by atoms with Crippen molar-refractivity contribution in [1.29, 1.82) is 0 Å². The molecular formula is C16H24N4. The minimum Gasteiger partial charge on any atom is -0.375 e. The largest absolute Gasteiger partial charge is 0.375 e. The smallest absolute Gasteiger partial charge is 0.0638 e. The number of hydrogen-bond donors (Lipinski definition) is 1. The van der Waals surface area contributed by atoms with E-state index in [2.05, 4.69) is 65.8 Å². The summed E-state index contributed by atoms with van der Waals surface area (Å²) in [5.74, 6) is 0. The molecule has 2 rings (SSSR count). The first-order valence-corrected chi connectivity index (χ1v) is 7.13. The highest BCUT2D eigenvalue weighted by atomic mass is 15.2. The molecule has 1 N–H and O–H groups in total. The fourth-order valence-corrected chi connectivity index (χ4v) is 2.30. The van der Waals surface area contributed by atoms with E-state index < -0.39 is 0 Å². The Morgan fingerprint density at radius 2 is 2.00 bits per heavy atom. The fraction of sp³-hybridized carbons (Fsp3) is 0.438. The Morgan fingerprint density at radius 3 is 2.65 bits per heavy atom. The van der Waals surface area contributed by atoms with Gasteiger partial charge in [-0.15, -0.1) is 0 Å². The molecule has 4 heteroatoms. The molecule has 1 aromatic heterocycles. The van der Waals surface area contributed by atoms with Gasteiger partial charge < -0.3 is 10.2 Å². The molecule has 108 valence electrons. The van der Waals surface area contributed by atoms with E-state index in [9.17, 15) is 0 Å². The predicted octanol–water partition coefficient (Wildman–Crippen LogP) is 2.34. The standard InChI is InChI=1S/C16H24N4/c1-14-15(13-20(3)18-14)12-17-10-7-11-19(2)16-8-5-4-6-9-16/h4-6,8-9,13,17H,7,10-12H2,1-3H3. The van der Waals surface area contributed by atoms with Crippen molar-refractivity contribution in [1.82, 2.24) is 15.1 Å². The number of aryl methyl sites for hydroxylation is 2.